The number of aromatic nitrogens is 3. The number of benzene rings is 1. The molecular formula is C13H19N5. The maximum absolute atomic E-state index is 4.44. The summed E-state index contributed by atoms with van der Waals surface area (Å²) < 4.78 is 0. The van der Waals surface area contributed by atoms with Crippen LogP contribution < -0.4 is 10.6 Å². The predicted molar refractivity (Wildman–Crippen MR) is 71.6 cm³/mol. The van der Waals surface area contributed by atoms with Gasteiger partial charge in [0.2, 0.25) is 0 Å². The Bertz CT molecular complexity index is 465. The topological polar surface area (TPSA) is 54.8 Å². The van der Waals surface area contributed by atoms with E-state index in [0.29, 0.717) is 6.04 Å². The van der Waals surface area contributed by atoms with Gasteiger partial charge in [-0.1, -0.05) is 18.2 Å². The molecule has 0 saturated carbocycles. The lowest BCUT2D eigenvalue weighted by Gasteiger charge is -2.11. The van der Waals surface area contributed by atoms with Crippen molar-refractivity contribution in [2.75, 3.05) is 13.6 Å². The van der Waals surface area contributed by atoms with E-state index in [9.17, 15) is 0 Å². The van der Waals surface area contributed by atoms with Crippen LogP contribution in [0, 0.1) is 0 Å². The Kier molecular flexibility index (Phi) is 4.44. The smallest absolute Gasteiger partial charge is 0.0969 e. The molecular weight excluding hydrogens is 226 g/mol. The predicted octanol–water partition coefficient (Wildman–Crippen LogP) is 0.965. The molecule has 0 saturated heterocycles. The van der Waals surface area contributed by atoms with Crippen molar-refractivity contribution in [1.82, 2.24) is 25.6 Å². The summed E-state index contributed by atoms with van der Waals surface area (Å²) in [6, 6.07) is 10.3. The molecule has 0 amide bonds. The van der Waals surface area contributed by atoms with Crippen molar-refractivity contribution >= 4 is 0 Å². The van der Waals surface area contributed by atoms with Crippen LogP contribution in [0.25, 0.3) is 5.69 Å². The molecule has 2 aromatic rings. The molecule has 1 heterocycles. The average Bonchev–Trinajstić information content (AvgIpc) is 2.87. The second-order valence-electron chi connectivity index (χ2n) is 4.30. The fourth-order valence-electron chi connectivity index (χ4n) is 1.72. The summed E-state index contributed by atoms with van der Waals surface area (Å²) in [5, 5.41) is 15.2. The van der Waals surface area contributed by atoms with Gasteiger partial charge in [-0.05, 0) is 26.1 Å². The van der Waals surface area contributed by atoms with Crippen molar-refractivity contribution in [3.63, 3.8) is 0 Å². The molecule has 0 fully saturated rings. The molecule has 2 rings (SSSR count). The third-order valence-corrected chi connectivity index (χ3v) is 2.67. The SMILES string of the molecule is CNCC(C)NCc1cnn(-c2ccccc2)n1. The number of hydrogen-bond donors (Lipinski definition) is 2. The summed E-state index contributed by atoms with van der Waals surface area (Å²) >= 11 is 0. The van der Waals surface area contributed by atoms with Crippen molar-refractivity contribution in [2.45, 2.75) is 19.5 Å². The minimum Gasteiger partial charge on any atom is -0.318 e. The molecule has 96 valence electrons. The fourth-order valence-corrected chi connectivity index (χ4v) is 1.72. The quantitative estimate of drug-likeness (QED) is 0.796. The van der Waals surface area contributed by atoms with Crippen LogP contribution in [-0.2, 0) is 6.54 Å². The molecule has 1 unspecified atom stereocenters. The van der Waals surface area contributed by atoms with Gasteiger partial charge < -0.3 is 10.6 Å². The van der Waals surface area contributed by atoms with Gasteiger partial charge in [-0.15, -0.1) is 0 Å². The number of likely N-dealkylation sites (N-methyl/N-ethyl adjacent to an activating group) is 1. The van der Waals surface area contributed by atoms with Crippen LogP contribution in [0.3, 0.4) is 0 Å². The van der Waals surface area contributed by atoms with Crippen LogP contribution in [0.5, 0.6) is 0 Å². The Balaban J connectivity index is 1.95. The van der Waals surface area contributed by atoms with Gasteiger partial charge in [-0.2, -0.15) is 15.0 Å². The van der Waals surface area contributed by atoms with Crippen LogP contribution in [-0.4, -0.2) is 34.6 Å². The highest BCUT2D eigenvalue weighted by atomic mass is 15.5. The number of rotatable bonds is 6. The Morgan fingerprint density at radius 1 is 1.28 bits per heavy atom. The zero-order chi connectivity index (χ0) is 12.8. The zero-order valence-corrected chi connectivity index (χ0v) is 10.8. The van der Waals surface area contributed by atoms with E-state index in [-0.39, 0.29) is 0 Å². The highest BCUT2D eigenvalue weighted by Gasteiger charge is 2.04. The van der Waals surface area contributed by atoms with E-state index in [1.807, 2.05) is 37.4 Å². The molecule has 5 heteroatoms. The van der Waals surface area contributed by atoms with Crippen LogP contribution >= 0.6 is 0 Å². The van der Waals surface area contributed by atoms with Gasteiger partial charge in [0.1, 0.15) is 0 Å². The standard InChI is InChI=1S/C13H19N5/c1-11(8-14-2)15-9-12-10-16-18(17-12)13-6-4-3-5-7-13/h3-7,10-11,14-15H,8-9H2,1-2H3. The molecule has 1 aromatic carbocycles. The third-order valence-electron chi connectivity index (χ3n) is 2.67. The zero-order valence-electron chi connectivity index (χ0n) is 10.8. The molecule has 0 radical (unpaired) electrons. The fraction of sp³-hybridized carbons (Fsp3) is 0.385. The summed E-state index contributed by atoms with van der Waals surface area (Å²) in [7, 11) is 1.95. The highest BCUT2D eigenvalue weighted by molar-refractivity contribution is 5.28. The first-order chi connectivity index (χ1) is 8.79. The first kappa shape index (κ1) is 12.7. The monoisotopic (exact) mass is 245 g/mol. The molecule has 0 aliphatic heterocycles. The van der Waals surface area contributed by atoms with Gasteiger partial charge in [-0.3, -0.25) is 0 Å². The second kappa shape index (κ2) is 6.28. The molecule has 0 aliphatic rings. The van der Waals surface area contributed by atoms with Crippen LogP contribution in [0.2, 0.25) is 0 Å². The minimum atomic E-state index is 0.414. The lowest BCUT2D eigenvalue weighted by atomic mass is 10.3. The van der Waals surface area contributed by atoms with Crippen molar-refractivity contribution < 1.29 is 0 Å². The summed E-state index contributed by atoms with van der Waals surface area (Å²) in [6.45, 7) is 3.81. The Labute approximate surface area is 107 Å². The Morgan fingerprint density at radius 3 is 2.78 bits per heavy atom. The van der Waals surface area contributed by atoms with Gasteiger partial charge in [0.25, 0.3) is 0 Å². The molecule has 1 aromatic heterocycles. The van der Waals surface area contributed by atoms with E-state index in [1.54, 1.807) is 11.0 Å². The van der Waals surface area contributed by atoms with E-state index in [1.165, 1.54) is 0 Å². The molecule has 0 aliphatic carbocycles. The van der Waals surface area contributed by atoms with E-state index in [0.717, 1.165) is 24.5 Å². The van der Waals surface area contributed by atoms with E-state index < -0.39 is 0 Å². The van der Waals surface area contributed by atoms with Gasteiger partial charge in [0.05, 0.1) is 17.6 Å². The molecule has 0 spiro atoms. The van der Waals surface area contributed by atoms with Crippen molar-refractivity contribution in [3.8, 4) is 5.69 Å². The summed E-state index contributed by atoms with van der Waals surface area (Å²) in [5.74, 6) is 0. The maximum atomic E-state index is 4.44. The maximum Gasteiger partial charge on any atom is 0.0969 e. The number of para-hydroxylation sites is 1. The number of hydrogen-bond acceptors (Lipinski definition) is 4. The summed E-state index contributed by atoms with van der Waals surface area (Å²) in [6.07, 6.45) is 1.80. The van der Waals surface area contributed by atoms with Crippen molar-refractivity contribution in [1.29, 1.82) is 0 Å². The highest BCUT2D eigenvalue weighted by Crippen LogP contribution is 2.04. The van der Waals surface area contributed by atoms with E-state index in [4.69, 9.17) is 0 Å². The molecule has 2 N–H and O–H groups in total. The van der Waals surface area contributed by atoms with Gasteiger partial charge in [0, 0.05) is 19.1 Å². The Morgan fingerprint density at radius 2 is 2.06 bits per heavy atom. The van der Waals surface area contributed by atoms with Crippen molar-refractivity contribution in [2.24, 2.45) is 0 Å². The largest absolute Gasteiger partial charge is 0.318 e. The van der Waals surface area contributed by atoms with Gasteiger partial charge in [0.15, 0.2) is 0 Å². The second-order valence-corrected chi connectivity index (χ2v) is 4.30. The lowest BCUT2D eigenvalue weighted by molar-refractivity contribution is 0.517. The third kappa shape index (κ3) is 3.38. The first-order valence-electron chi connectivity index (χ1n) is 6.14. The molecule has 1 atom stereocenters. The van der Waals surface area contributed by atoms with Crippen molar-refractivity contribution in [3.05, 3.63) is 42.2 Å². The summed E-state index contributed by atoms with van der Waals surface area (Å²) in [5.41, 5.74) is 1.92. The number of nitrogens with one attached hydrogen (secondary N) is 2. The minimum absolute atomic E-state index is 0.414. The normalized spacial score (nSPS) is 12.6. The number of nitrogens with zero attached hydrogens (tertiary/aromatic N) is 3. The molecule has 18 heavy (non-hydrogen) atoms. The Hall–Kier alpha value is -1.72. The lowest BCUT2D eigenvalue weighted by Crippen LogP contribution is -2.34. The van der Waals surface area contributed by atoms with Crippen LogP contribution in [0.1, 0.15) is 12.6 Å². The molecule has 5 nitrogen and oxygen atoms in total. The average molecular weight is 245 g/mol. The van der Waals surface area contributed by atoms with Crippen LogP contribution in [0.4, 0.5) is 0 Å². The van der Waals surface area contributed by atoms with E-state index in [2.05, 4.69) is 27.8 Å². The van der Waals surface area contributed by atoms with Gasteiger partial charge >= 0.3 is 0 Å². The van der Waals surface area contributed by atoms with Crippen LogP contribution in [0.15, 0.2) is 36.5 Å². The van der Waals surface area contributed by atoms with E-state index >= 15 is 0 Å². The molecule has 0 bridgehead atoms. The first-order valence-corrected chi connectivity index (χ1v) is 6.14. The summed E-state index contributed by atoms with van der Waals surface area (Å²) in [4.78, 5) is 1.65. The van der Waals surface area contributed by atoms with Gasteiger partial charge in [-0.25, -0.2) is 0 Å².